The first-order valence-electron chi connectivity index (χ1n) is 8.40. The highest BCUT2D eigenvalue weighted by molar-refractivity contribution is 7.93. The van der Waals surface area contributed by atoms with E-state index >= 15 is 0 Å². The predicted molar refractivity (Wildman–Crippen MR) is 106 cm³/mol. The van der Waals surface area contributed by atoms with Gasteiger partial charge in [0.05, 0.1) is 18.4 Å². The number of rotatable bonds is 8. The van der Waals surface area contributed by atoms with E-state index in [2.05, 4.69) is 10.3 Å². The van der Waals surface area contributed by atoms with Crippen LogP contribution in [0, 0.1) is 0 Å². The molecule has 0 saturated carbocycles. The summed E-state index contributed by atoms with van der Waals surface area (Å²) < 4.78 is 24.7. The van der Waals surface area contributed by atoms with Gasteiger partial charge >= 0.3 is 0 Å². The van der Waals surface area contributed by atoms with Crippen LogP contribution in [-0.2, 0) is 16.4 Å². The van der Waals surface area contributed by atoms with Gasteiger partial charge in [0.1, 0.15) is 4.21 Å². The first-order valence-corrected chi connectivity index (χ1v) is 10.9. The lowest BCUT2D eigenvalue weighted by atomic mass is 10.2. The molecule has 8 heteroatoms. The zero-order chi connectivity index (χ0) is 19.0. The van der Waals surface area contributed by atoms with Gasteiger partial charge in [-0.25, -0.2) is 8.42 Å². The number of aliphatic hydroxyl groups is 1. The van der Waals surface area contributed by atoms with Gasteiger partial charge in [0.25, 0.3) is 0 Å². The van der Waals surface area contributed by atoms with Gasteiger partial charge in [-0.2, -0.15) is 0 Å². The monoisotopic (exact) mass is 395 g/mol. The second-order valence-corrected chi connectivity index (χ2v) is 9.11. The fraction of sp³-hybridized carbons (Fsp3) is 0.389. The summed E-state index contributed by atoms with van der Waals surface area (Å²) in [7, 11) is -1.57. The normalized spacial score (nSPS) is 13.4. The lowest BCUT2D eigenvalue weighted by Gasteiger charge is -2.22. The summed E-state index contributed by atoms with van der Waals surface area (Å²) in [5.74, 6) is 0.294. The van der Waals surface area contributed by atoms with Crippen molar-refractivity contribution < 1.29 is 13.5 Å². The number of benzene rings is 1. The van der Waals surface area contributed by atoms with Crippen molar-refractivity contribution in [2.45, 2.75) is 23.8 Å². The number of aliphatic hydroxyl groups excluding tert-OH is 1. The summed E-state index contributed by atoms with van der Waals surface area (Å²) in [6.07, 6.45) is -1.05. The Morgan fingerprint density at radius 2 is 2.00 bits per heavy atom. The Morgan fingerprint density at radius 3 is 2.62 bits per heavy atom. The zero-order valence-electron chi connectivity index (χ0n) is 15.0. The molecule has 0 radical (unpaired) electrons. The molecule has 0 spiro atoms. The maximum atomic E-state index is 12.2. The van der Waals surface area contributed by atoms with Crippen LogP contribution in [0.2, 0.25) is 0 Å². The van der Waals surface area contributed by atoms with E-state index < -0.39 is 15.9 Å². The van der Waals surface area contributed by atoms with Gasteiger partial charge in [0, 0.05) is 20.1 Å². The van der Waals surface area contributed by atoms with Crippen molar-refractivity contribution in [3.05, 3.63) is 53.4 Å². The molecule has 1 atom stereocenters. The third-order valence-electron chi connectivity index (χ3n) is 3.62. The standard InChI is InChI=1S/C18H25N3O3S2/c1-3-19-18(21(2)13-15-8-5-4-6-9-15)20-12-16(22)14-26(23,24)17-10-7-11-25-17/h4-11,16,22H,3,12-14H2,1-2H3,(H,19,20). The SMILES string of the molecule is CCNC(=NCC(O)CS(=O)(=O)c1cccs1)N(C)Cc1ccccc1. The molecule has 1 aromatic carbocycles. The molecule has 1 unspecified atom stereocenters. The van der Waals surface area contributed by atoms with Crippen LogP contribution < -0.4 is 5.32 Å². The summed E-state index contributed by atoms with van der Waals surface area (Å²) in [6.45, 7) is 3.33. The molecule has 26 heavy (non-hydrogen) atoms. The minimum Gasteiger partial charge on any atom is -0.390 e. The van der Waals surface area contributed by atoms with Crippen LogP contribution in [0.1, 0.15) is 12.5 Å². The van der Waals surface area contributed by atoms with Gasteiger partial charge in [-0.3, -0.25) is 4.99 Å². The largest absolute Gasteiger partial charge is 0.390 e. The first-order chi connectivity index (χ1) is 12.4. The number of aliphatic imine (C=N–C) groups is 1. The molecule has 0 fully saturated rings. The average molecular weight is 396 g/mol. The number of thiophene rings is 1. The molecule has 1 aromatic heterocycles. The van der Waals surface area contributed by atoms with Gasteiger partial charge in [0.15, 0.2) is 15.8 Å². The van der Waals surface area contributed by atoms with E-state index in [4.69, 9.17) is 0 Å². The number of hydrogen-bond acceptors (Lipinski definition) is 5. The number of guanidine groups is 1. The summed E-state index contributed by atoms with van der Waals surface area (Å²) in [5.41, 5.74) is 1.14. The molecule has 2 aromatic rings. The van der Waals surface area contributed by atoms with E-state index in [9.17, 15) is 13.5 Å². The Kier molecular flexibility index (Phi) is 7.62. The van der Waals surface area contributed by atoms with E-state index in [1.54, 1.807) is 17.5 Å². The van der Waals surface area contributed by atoms with Crippen LogP contribution >= 0.6 is 11.3 Å². The second kappa shape index (κ2) is 9.70. The Morgan fingerprint density at radius 1 is 1.27 bits per heavy atom. The maximum absolute atomic E-state index is 12.2. The Hall–Kier alpha value is -1.90. The minimum atomic E-state index is -3.48. The quantitative estimate of drug-likeness (QED) is 0.528. The van der Waals surface area contributed by atoms with Crippen molar-refractivity contribution in [2.75, 3.05) is 25.9 Å². The molecule has 1 heterocycles. The number of nitrogens with one attached hydrogen (secondary N) is 1. The highest BCUT2D eigenvalue weighted by Gasteiger charge is 2.20. The van der Waals surface area contributed by atoms with Crippen molar-refractivity contribution in [1.29, 1.82) is 0 Å². The second-order valence-electron chi connectivity index (χ2n) is 5.90. The van der Waals surface area contributed by atoms with Crippen LogP contribution in [0.5, 0.6) is 0 Å². The van der Waals surface area contributed by atoms with Crippen LogP contribution in [0.3, 0.4) is 0 Å². The number of sulfone groups is 1. The average Bonchev–Trinajstić information content (AvgIpc) is 3.14. The lowest BCUT2D eigenvalue weighted by molar-refractivity contribution is 0.205. The summed E-state index contributed by atoms with van der Waals surface area (Å²) >= 11 is 1.16. The van der Waals surface area contributed by atoms with Gasteiger partial charge in [-0.1, -0.05) is 36.4 Å². The molecule has 0 bridgehead atoms. The molecule has 142 valence electrons. The molecule has 2 rings (SSSR count). The fourth-order valence-electron chi connectivity index (χ4n) is 2.42. The van der Waals surface area contributed by atoms with Crippen LogP contribution in [0.15, 0.2) is 57.0 Å². The van der Waals surface area contributed by atoms with E-state index in [1.807, 2.05) is 49.2 Å². The van der Waals surface area contributed by atoms with E-state index in [-0.39, 0.29) is 16.5 Å². The minimum absolute atomic E-state index is 0.0199. The van der Waals surface area contributed by atoms with Crippen LogP contribution in [0.25, 0.3) is 0 Å². The topological polar surface area (TPSA) is 82.0 Å². The third kappa shape index (κ3) is 6.12. The van der Waals surface area contributed by atoms with E-state index in [1.165, 1.54) is 0 Å². The van der Waals surface area contributed by atoms with Crippen molar-refractivity contribution in [2.24, 2.45) is 4.99 Å². The highest BCUT2D eigenvalue weighted by Crippen LogP contribution is 2.18. The van der Waals surface area contributed by atoms with Gasteiger partial charge in [0.2, 0.25) is 0 Å². The Balaban J connectivity index is 1.99. The molecule has 0 amide bonds. The predicted octanol–water partition coefficient (Wildman–Crippen LogP) is 1.98. The fourth-order valence-corrected chi connectivity index (χ4v) is 4.89. The van der Waals surface area contributed by atoms with Crippen LogP contribution in [0.4, 0.5) is 0 Å². The van der Waals surface area contributed by atoms with E-state index in [0.717, 1.165) is 16.9 Å². The summed E-state index contributed by atoms with van der Waals surface area (Å²) in [5, 5.41) is 15.0. The number of hydrogen-bond donors (Lipinski definition) is 2. The Labute approximate surface area is 159 Å². The van der Waals surface area contributed by atoms with Crippen molar-refractivity contribution in [1.82, 2.24) is 10.2 Å². The maximum Gasteiger partial charge on any atom is 0.194 e. The molecule has 0 aliphatic carbocycles. The van der Waals surface area contributed by atoms with Gasteiger partial charge in [-0.05, 0) is 23.9 Å². The third-order valence-corrected chi connectivity index (χ3v) is 6.91. The molecule has 0 aliphatic heterocycles. The molecule has 2 N–H and O–H groups in total. The van der Waals surface area contributed by atoms with Crippen LogP contribution in [-0.4, -0.2) is 56.4 Å². The van der Waals surface area contributed by atoms with Crippen molar-refractivity contribution in [3.63, 3.8) is 0 Å². The van der Waals surface area contributed by atoms with Gasteiger partial charge in [-0.15, -0.1) is 11.3 Å². The number of nitrogens with zero attached hydrogens (tertiary/aromatic N) is 2. The summed E-state index contributed by atoms with van der Waals surface area (Å²) in [6, 6.07) is 13.2. The molecule has 0 saturated heterocycles. The molecule has 6 nitrogen and oxygen atoms in total. The lowest BCUT2D eigenvalue weighted by Crippen LogP contribution is -2.39. The highest BCUT2D eigenvalue weighted by atomic mass is 32.2. The Bertz CT molecular complexity index is 790. The van der Waals surface area contributed by atoms with Crippen molar-refractivity contribution >= 4 is 27.1 Å². The molecular formula is C18H25N3O3S2. The smallest absolute Gasteiger partial charge is 0.194 e. The van der Waals surface area contributed by atoms with Crippen molar-refractivity contribution in [3.8, 4) is 0 Å². The molecular weight excluding hydrogens is 370 g/mol. The molecule has 0 aliphatic rings. The van der Waals surface area contributed by atoms with Gasteiger partial charge < -0.3 is 15.3 Å². The first kappa shape index (κ1) is 20.4. The summed E-state index contributed by atoms with van der Waals surface area (Å²) in [4.78, 5) is 6.34. The van der Waals surface area contributed by atoms with E-state index in [0.29, 0.717) is 19.0 Å². The zero-order valence-corrected chi connectivity index (χ0v) is 16.6.